The van der Waals surface area contributed by atoms with Crippen molar-refractivity contribution in [2.24, 2.45) is 0 Å². The van der Waals surface area contributed by atoms with Crippen LogP contribution in [0, 0.1) is 0 Å². The Kier molecular flexibility index (Phi) is 6.08. The van der Waals surface area contributed by atoms with E-state index in [0.717, 1.165) is 0 Å². The van der Waals surface area contributed by atoms with Crippen molar-refractivity contribution in [3.8, 4) is 0 Å². The van der Waals surface area contributed by atoms with Gasteiger partial charge in [0.25, 0.3) is 0 Å². The van der Waals surface area contributed by atoms with Crippen molar-refractivity contribution in [3.63, 3.8) is 0 Å². The first kappa shape index (κ1) is 18.3. The predicted octanol–water partition coefficient (Wildman–Crippen LogP) is 4.73. The van der Waals surface area contributed by atoms with Crippen molar-refractivity contribution < 1.29 is 13.6 Å². The molecule has 0 amide bonds. The van der Waals surface area contributed by atoms with Gasteiger partial charge in [-0.05, 0) is 25.0 Å². The summed E-state index contributed by atoms with van der Waals surface area (Å²) in [4.78, 5) is 2.35. The summed E-state index contributed by atoms with van der Waals surface area (Å²) in [6, 6.07) is 21.1. The Hall–Kier alpha value is -1.45. The molecule has 25 heavy (non-hydrogen) atoms. The fourth-order valence-corrected chi connectivity index (χ4v) is 5.43. The molecular weight excluding hydrogens is 333 g/mol. The lowest BCUT2D eigenvalue weighted by Gasteiger charge is -2.46. The number of rotatable bonds is 8. The van der Waals surface area contributed by atoms with Crippen molar-refractivity contribution >= 4 is 7.60 Å². The smallest absolute Gasteiger partial charge is 0.309 e. The Morgan fingerprint density at radius 1 is 0.920 bits per heavy atom. The molecule has 0 saturated carbocycles. The summed E-state index contributed by atoms with van der Waals surface area (Å²) >= 11 is 0. The molecule has 4 nitrogen and oxygen atoms in total. The van der Waals surface area contributed by atoms with Gasteiger partial charge in [-0.3, -0.25) is 9.46 Å². The fourth-order valence-electron chi connectivity index (χ4n) is 3.39. The lowest BCUT2D eigenvalue weighted by atomic mass is 9.94. The van der Waals surface area contributed by atoms with Gasteiger partial charge in [-0.25, -0.2) is 0 Å². The first-order valence-electron chi connectivity index (χ1n) is 8.90. The molecule has 0 aromatic heterocycles. The second-order valence-corrected chi connectivity index (χ2v) is 8.53. The maximum atomic E-state index is 13.0. The van der Waals surface area contributed by atoms with Crippen molar-refractivity contribution in [3.05, 3.63) is 71.8 Å². The zero-order valence-electron chi connectivity index (χ0n) is 14.9. The largest absolute Gasteiger partial charge is 0.336 e. The van der Waals surface area contributed by atoms with Gasteiger partial charge in [0.15, 0.2) is 0 Å². The van der Waals surface area contributed by atoms with Crippen molar-refractivity contribution in [2.45, 2.75) is 25.5 Å². The summed E-state index contributed by atoms with van der Waals surface area (Å²) in [5.74, 6) is 0. The first-order valence-corrected chi connectivity index (χ1v) is 10.5. The molecule has 2 aromatic rings. The Balaban J connectivity index is 1.80. The van der Waals surface area contributed by atoms with Gasteiger partial charge in [-0.1, -0.05) is 60.7 Å². The minimum atomic E-state index is -3.03. The lowest BCUT2D eigenvalue weighted by Crippen LogP contribution is -2.52. The van der Waals surface area contributed by atoms with E-state index in [-0.39, 0.29) is 11.7 Å². The van der Waals surface area contributed by atoms with Crippen molar-refractivity contribution in [1.82, 2.24) is 4.90 Å². The Morgan fingerprint density at radius 2 is 1.36 bits per heavy atom. The van der Waals surface area contributed by atoms with Gasteiger partial charge in [0.2, 0.25) is 0 Å². The van der Waals surface area contributed by atoms with E-state index in [0.29, 0.717) is 26.3 Å². The van der Waals surface area contributed by atoms with E-state index in [4.69, 9.17) is 9.05 Å². The summed E-state index contributed by atoms with van der Waals surface area (Å²) in [7, 11) is -3.03. The SMILES string of the molecule is CCOP(=O)(OCC)C1CN(C(c2ccccc2)c2ccccc2)C1. The molecule has 134 valence electrons. The van der Waals surface area contributed by atoms with Crippen LogP contribution in [0.2, 0.25) is 0 Å². The van der Waals surface area contributed by atoms with E-state index >= 15 is 0 Å². The quantitative estimate of drug-likeness (QED) is 0.639. The van der Waals surface area contributed by atoms with Crippen LogP contribution in [0.1, 0.15) is 31.0 Å². The maximum Gasteiger partial charge on any atom is 0.336 e. The highest BCUT2D eigenvalue weighted by molar-refractivity contribution is 7.54. The van der Waals surface area contributed by atoms with Crippen LogP contribution in [-0.4, -0.2) is 36.9 Å². The molecule has 5 heteroatoms. The molecule has 1 heterocycles. The van der Waals surface area contributed by atoms with Crippen molar-refractivity contribution in [1.29, 1.82) is 0 Å². The number of nitrogens with zero attached hydrogens (tertiary/aromatic N) is 1. The molecule has 0 N–H and O–H groups in total. The molecule has 1 aliphatic rings. The third-order valence-corrected chi connectivity index (χ3v) is 7.01. The topological polar surface area (TPSA) is 38.8 Å². The van der Waals surface area contributed by atoms with E-state index in [1.54, 1.807) is 0 Å². The summed E-state index contributed by atoms with van der Waals surface area (Å²) in [6.07, 6.45) is 0. The normalized spacial score (nSPS) is 16.1. The monoisotopic (exact) mass is 359 g/mol. The third-order valence-electron chi connectivity index (χ3n) is 4.55. The Bertz CT molecular complexity index is 652. The van der Waals surface area contributed by atoms with Gasteiger partial charge in [-0.2, -0.15) is 0 Å². The number of benzene rings is 2. The molecule has 0 bridgehead atoms. The molecule has 3 rings (SSSR count). The van der Waals surface area contributed by atoms with Crippen LogP contribution in [0.25, 0.3) is 0 Å². The molecule has 0 atom stereocenters. The number of likely N-dealkylation sites (tertiary alicyclic amines) is 1. The van der Waals surface area contributed by atoms with Crippen LogP contribution in [-0.2, 0) is 13.6 Å². The second-order valence-electron chi connectivity index (χ2n) is 6.21. The van der Waals surface area contributed by atoms with Crippen LogP contribution >= 0.6 is 7.60 Å². The van der Waals surface area contributed by atoms with Crippen LogP contribution in [0.5, 0.6) is 0 Å². The fraction of sp³-hybridized carbons (Fsp3) is 0.400. The van der Waals surface area contributed by atoms with Gasteiger partial charge in [0, 0.05) is 13.1 Å². The summed E-state index contributed by atoms with van der Waals surface area (Å²) < 4.78 is 24.0. The van der Waals surface area contributed by atoms with Gasteiger partial charge < -0.3 is 9.05 Å². The minimum Gasteiger partial charge on any atom is -0.309 e. The van der Waals surface area contributed by atoms with E-state index in [1.165, 1.54) is 11.1 Å². The predicted molar refractivity (Wildman–Crippen MR) is 101 cm³/mol. The molecular formula is C20H26NO3P. The highest BCUT2D eigenvalue weighted by Crippen LogP contribution is 2.57. The highest BCUT2D eigenvalue weighted by atomic mass is 31.2. The Morgan fingerprint density at radius 3 is 1.76 bits per heavy atom. The molecule has 0 unspecified atom stereocenters. The van der Waals surface area contributed by atoms with Gasteiger partial charge in [-0.15, -0.1) is 0 Å². The van der Waals surface area contributed by atoms with Crippen molar-refractivity contribution in [2.75, 3.05) is 26.3 Å². The second kappa shape index (κ2) is 8.29. The average molecular weight is 359 g/mol. The lowest BCUT2D eigenvalue weighted by molar-refractivity contribution is 0.113. The maximum absolute atomic E-state index is 13.0. The molecule has 1 saturated heterocycles. The van der Waals surface area contributed by atoms with E-state index in [2.05, 4.69) is 53.4 Å². The minimum absolute atomic E-state index is 0.0534. The number of hydrogen-bond acceptors (Lipinski definition) is 4. The number of hydrogen-bond donors (Lipinski definition) is 0. The Labute approximate surface area is 150 Å². The molecule has 0 radical (unpaired) electrons. The standard InChI is InChI=1S/C20H26NO3P/c1-3-23-25(22,24-4-2)19-15-21(16-19)20(17-11-7-5-8-12-17)18-13-9-6-10-14-18/h5-14,19-20H,3-4,15-16H2,1-2H3. The zero-order valence-corrected chi connectivity index (χ0v) is 15.8. The molecule has 0 aliphatic carbocycles. The summed E-state index contributed by atoms with van der Waals surface area (Å²) in [5.41, 5.74) is 2.44. The zero-order chi connectivity index (χ0) is 17.7. The first-order chi connectivity index (χ1) is 12.2. The molecule has 1 fully saturated rings. The van der Waals surface area contributed by atoms with Gasteiger partial charge in [0.05, 0.1) is 24.9 Å². The summed E-state index contributed by atoms with van der Waals surface area (Å²) in [6.45, 7) is 5.97. The molecule has 0 spiro atoms. The van der Waals surface area contributed by atoms with E-state index in [9.17, 15) is 4.57 Å². The van der Waals surface area contributed by atoms with E-state index < -0.39 is 7.60 Å². The van der Waals surface area contributed by atoms with Crippen LogP contribution in [0.4, 0.5) is 0 Å². The van der Waals surface area contributed by atoms with Crippen LogP contribution in [0.3, 0.4) is 0 Å². The van der Waals surface area contributed by atoms with Crippen LogP contribution in [0.15, 0.2) is 60.7 Å². The summed E-state index contributed by atoms with van der Waals surface area (Å²) in [5, 5.41) is 0. The highest BCUT2D eigenvalue weighted by Gasteiger charge is 2.46. The van der Waals surface area contributed by atoms with Crippen LogP contribution < -0.4 is 0 Å². The third kappa shape index (κ3) is 4.04. The van der Waals surface area contributed by atoms with Gasteiger partial charge >= 0.3 is 7.60 Å². The average Bonchev–Trinajstić information content (AvgIpc) is 2.59. The van der Waals surface area contributed by atoms with E-state index in [1.807, 2.05) is 26.0 Å². The molecule has 2 aromatic carbocycles. The molecule has 1 aliphatic heterocycles. The van der Waals surface area contributed by atoms with Gasteiger partial charge in [0.1, 0.15) is 0 Å².